The highest BCUT2D eigenvalue weighted by molar-refractivity contribution is 8.16. The summed E-state index contributed by atoms with van der Waals surface area (Å²) < 4.78 is 5.61. The number of benzene rings is 2. The number of thioether (sulfide) groups is 1. The van der Waals surface area contributed by atoms with E-state index in [9.17, 15) is 4.79 Å². The van der Waals surface area contributed by atoms with Gasteiger partial charge in [0.25, 0.3) is 5.91 Å². The van der Waals surface area contributed by atoms with Crippen molar-refractivity contribution in [2.45, 2.75) is 20.0 Å². The molecule has 2 aromatic carbocycles. The fourth-order valence-corrected chi connectivity index (χ4v) is 3.99. The fourth-order valence-electron chi connectivity index (χ4n) is 3.03. The number of amidine groups is 1. The van der Waals surface area contributed by atoms with E-state index >= 15 is 0 Å². The molecule has 2 aliphatic rings. The number of carbonyl (C=O) groups is 1. The standard InChI is InChI=1S/C21H21N3O2S/c1-14(2)26-18-9-5-16(6-10-18)20(25)23-17-7-3-15(4-8-17)19-13-27-21-22-11-12-24(19)21/h3-10,13-14H,11-12H2,1-2H3,(H,23,25). The number of hydrogen-bond acceptors (Lipinski definition) is 5. The van der Waals surface area contributed by atoms with Crippen LogP contribution in [0.3, 0.4) is 0 Å². The van der Waals surface area contributed by atoms with Crippen LogP contribution in [0.25, 0.3) is 5.70 Å². The summed E-state index contributed by atoms with van der Waals surface area (Å²) in [5.41, 5.74) is 3.67. The molecule has 138 valence electrons. The van der Waals surface area contributed by atoms with E-state index in [0.717, 1.165) is 35.3 Å². The first-order valence-electron chi connectivity index (χ1n) is 8.97. The number of rotatable bonds is 5. The molecule has 0 fully saturated rings. The van der Waals surface area contributed by atoms with E-state index in [4.69, 9.17) is 4.74 Å². The largest absolute Gasteiger partial charge is 0.491 e. The van der Waals surface area contributed by atoms with Gasteiger partial charge in [-0.05, 0) is 55.8 Å². The highest BCUT2D eigenvalue weighted by Gasteiger charge is 2.26. The van der Waals surface area contributed by atoms with Crippen molar-refractivity contribution in [2.24, 2.45) is 4.99 Å². The number of nitrogens with zero attached hydrogens (tertiary/aromatic N) is 2. The van der Waals surface area contributed by atoms with Gasteiger partial charge in [0.15, 0.2) is 5.17 Å². The number of nitrogens with one attached hydrogen (secondary N) is 1. The van der Waals surface area contributed by atoms with Crippen molar-refractivity contribution in [1.29, 1.82) is 0 Å². The van der Waals surface area contributed by atoms with Gasteiger partial charge in [-0.2, -0.15) is 0 Å². The topological polar surface area (TPSA) is 53.9 Å². The third-order valence-electron chi connectivity index (χ3n) is 4.30. The summed E-state index contributed by atoms with van der Waals surface area (Å²) in [6.45, 7) is 5.74. The van der Waals surface area contributed by atoms with E-state index in [1.807, 2.05) is 50.2 Å². The lowest BCUT2D eigenvalue weighted by Crippen LogP contribution is -2.19. The van der Waals surface area contributed by atoms with Gasteiger partial charge in [-0.15, -0.1) is 0 Å². The smallest absolute Gasteiger partial charge is 0.255 e. The van der Waals surface area contributed by atoms with E-state index in [1.165, 1.54) is 5.70 Å². The number of amides is 1. The van der Waals surface area contributed by atoms with Crippen molar-refractivity contribution in [3.8, 4) is 5.75 Å². The molecule has 0 aliphatic carbocycles. The van der Waals surface area contributed by atoms with E-state index in [1.54, 1.807) is 23.9 Å². The Hall–Kier alpha value is -2.73. The Labute approximate surface area is 163 Å². The molecule has 0 atom stereocenters. The second-order valence-electron chi connectivity index (χ2n) is 6.66. The molecule has 0 saturated carbocycles. The molecule has 0 unspecified atom stereocenters. The molecule has 4 rings (SSSR count). The maximum absolute atomic E-state index is 12.4. The summed E-state index contributed by atoms with van der Waals surface area (Å²) in [6, 6.07) is 15.1. The number of hydrogen-bond donors (Lipinski definition) is 1. The molecule has 2 aliphatic heterocycles. The van der Waals surface area contributed by atoms with E-state index in [-0.39, 0.29) is 12.0 Å². The van der Waals surface area contributed by atoms with Crippen LogP contribution < -0.4 is 10.1 Å². The lowest BCUT2D eigenvalue weighted by atomic mass is 10.1. The summed E-state index contributed by atoms with van der Waals surface area (Å²) >= 11 is 1.67. The van der Waals surface area contributed by atoms with Crippen LogP contribution in [0, 0.1) is 0 Å². The Kier molecular flexibility index (Phi) is 4.90. The first-order chi connectivity index (χ1) is 13.1. The quantitative estimate of drug-likeness (QED) is 0.834. The van der Waals surface area contributed by atoms with Gasteiger partial charge in [-0.3, -0.25) is 9.79 Å². The first kappa shape index (κ1) is 17.7. The van der Waals surface area contributed by atoms with Gasteiger partial charge in [0.1, 0.15) is 5.75 Å². The van der Waals surface area contributed by atoms with E-state index in [2.05, 4.69) is 20.6 Å². The zero-order valence-corrected chi connectivity index (χ0v) is 16.1. The summed E-state index contributed by atoms with van der Waals surface area (Å²) in [5.74, 6) is 0.627. The third-order valence-corrected chi connectivity index (χ3v) is 5.20. The SMILES string of the molecule is CC(C)Oc1ccc(C(=O)Nc2ccc(C3=CSC4=NCCN34)cc2)cc1. The summed E-state index contributed by atoms with van der Waals surface area (Å²) in [7, 11) is 0. The van der Waals surface area contributed by atoms with Crippen LogP contribution in [0.2, 0.25) is 0 Å². The predicted octanol–water partition coefficient (Wildman–Crippen LogP) is 4.44. The molecule has 0 saturated heterocycles. The van der Waals surface area contributed by atoms with Crippen molar-refractivity contribution in [3.63, 3.8) is 0 Å². The highest BCUT2D eigenvalue weighted by atomic mass is 32.2. The zero-order chi connectivity index (χ0) is 18.8. The minimum Gasteiger partial charge on any atom is -0.491 e. The highest BCUT2D eigenvalue weighted by Crippen LogP contribution is 2.35. The number of ether oxygens (including phenoxy) is 1. The van der Waals surface area contributed by atoms with Gasteiger partial charge in [-0.25, -0.2) is 0 Å². The Morgan fingerprint density at radius 2 is 1.89 bits per heavy atom. The molecular weight excluding hydrogens is 358 g/mol. The lowest BCUT2D eigenvalue weighted by Gasteiger charge is -2.17. The summed E-state index contributed by atoms with van der Waals surface area (Å²) in [6.07, 6.45) is 0.111. The lowest BCUT2D eigenvalue weighted by molar-refractivity contribution is 0.102. The molecule has 5 nitrogen and oxygen atoms in total. The van der Waals surface area contributed by atoms with E-state index in [0.29, 0.717) is 5.56 Å². The average molecular weight is 379 g/mol. The van der Waals surface area contributed by atoms with Crippen molar-refractivity contribution in [2.75, 3.05) is 18.4 Å². The molecule has 27 heavy (non-hydrogen) atoms. The predicted molar refractivity (Wildman–Crippen MR) is 111 cm³/mol. The van der Waals surface area contributed by atoms with Crippen LogP contribution in [0.1, 0.15) is 29.8 Å². The van der Waals surface area contributed by atoms with Crippen LogP contribution in [0.4, 0.5) is 5.69 Å². The van der Waals surface area contributed by atoms with Crippen LogP contribution in [0.5, 0.6) is 5.75 Å². The number of anilines is 1. The van der Waals surface area contributed by atoms with Gasteiger partial charge in [0.2, 0.25) is 0 Å². The normalized spacial score (nSPS) is 15.4. The van der Waals surface area contributed by atoms with Crippen molar-refractivity contribution < 1.29 is 9.53 Å². The van der Waals surface area contributed by atoms with E-state index < -0.39 is 0 Å². The average Bonchev–Trinajstić information content (AvgIpc) is 3.26. The zero-order valence-electron chi connectivity index (χ0n) is 15.3. The summed E-state index contributed by atoms with van der Waals surface area (Å²) in [4.78, 5) is 19.2. The van der Waals surface area contributed by atoms with Crippen LogP contribution in [0.15, 0.2) is 58.9 Å². The maximum Gasteiger partial charge on any atom is 0.255 e. The van der Waals surface area contributed by atoms with Crippen LogP contribution in [-0.4, -0.2) is 35.2 Å². The molecular formula is C21H21N3O2S. The molecule has 2 aromatic rings. The first-order valence-corrected chi connectivity index (χ1v) is 9.85. The molecule has 0 aromatic heterocycles. The van der Waals surface area contributed by atoms with Crippen LogP contribution in [-0.2, 0) is 0 Å². The fraction of sp³-hybridized carbons (Fsp3) is 0.238. The molecule has 1 amide bonds. The molecule has 0 spiro atoms. The van der Waals surface area contributed by atoms with Crippen molar-refractivity contribution >= 4 is 34.2 Å². The molecule has 6 heteroatoms. The second-order valence-corrected chi connectivity index (χ2v) is 7.50. The second kappa shape index (κ2) is 7.48. The molecule has 1 N–H and O–H groups in total. The monoisotopic (exact) mass is 379 g/mol. The Bertz CT molecular complexity index is 902. The summed E-state index contributed by atoms with van der Waals surface area (Å²) in [5, 5.41) is 6.15. The number of carbonyl (C=O) groups excluding carboxylic acids is 1. The minimum absolute atomic E-state index is 0.111. The molecule has 0 radical (unpaired) electrons. The van der Waals surface area contributed by atoms with Gasteiger partial charge < -0.3 is 15.0 Å². The maximum atomic E-state index is 12.4. The third kappa shape index (κ3) is 3.85. The van der Waals surface area contributed by atoms with Crippen molar-refractivity contribution in [3.05, 3.63) is 65.1 Å². The van der Waals surface area contributed by atoms with Crippen molar-refractivity contribution in [1.82, 2.24) is 4.90 Å². The Morgan fingerprint density at radius 1 is 1.15 bits per heavy atom. The minimum atomic E-state index is -0.136. The van der Waals surface area contributed by atoms with Gasteiger partial charge in [-0.1, -0.05) is 23.9 Å². The van der Waals surface area contributed by atoms with Gasteiger partial charge in [0.05, 0.1) is 18.3 Å². The number of fused-ring (bicyclic) bond motifs is 1. The number of aliphatic imine (C=N–C) groups is 1. The van der Waals surface area contributed by atoms with Crippen LogP contribution >= 0.6 is 11.8 Å². The molecule has 0 bridgehead atoms. The Balaban J connectivity index is 1.41. The van der Waals surface area contributed by atoms with Gasteiger partial charge in [0, 0.05) is 23.2 Å². The molecule has 2 heterocycles. The van der Waals surface area contributed by atoms with Gasteiger partial charge >= 0.3 is 0 Å². The Morgan fingerprint density at radius 3 is 2.59 bits per heavy atom.